The van der Waals surface area contributed by atoms with E-state index in [2.05, 4.69) is 71.9 Å². The minimum Gasteiger partial charge on any atom is -0.457 e. The molecule has 0 aliphatic carbocycles. The molecule has 1 aliphatic heterocycles. The molecule has 35 heavy (non-hydrogen) atoms. The van der Waals surface area contributed by atoms with Crippen LogP contribution in [-0.2, 0) is 5.41 Å². The zero-order valence-electron chi connectivity index (χ0n) is 19.6. The highest BCUT2D eigenvalue weighted by molar-refractivity contribution is 6.10. The molecule has 0 atom stereocenters. The number of para-hydroxylation sites is 1. The van der Waals surface area contributed by atoms with Gasteiger partial charge in [0.1, 0.15) is 17.1 Å². The Kier molecular flexibility index (Phi) is 4.15. The van der Waals surface area contributed by atoms with Gasteiger partial charge in [-0.05, 0) is 53.6 Å². The highest BCUT2D eigenvalue weighted by Crippen LogP contribution is 2.48. The third-order valence-electron chi connectivity index (χ3n) is 7.14. The van der Waals surface area contributed by atoms with Gasteiger partial charge >= 0.3 is 0 Å². The highest BCUT2D eigenvalue weighted by atomic mass is 16.5. The van der Waals surface area contributed by atoms with Crippen LogP contribution in [0.5, 0.6) is 11.5 Å². The van der Waals surface area contributed by atoms with Crippen LogP contribution in [0, 0.1) is 0 Å². The molecule has 0 fully saturated rings. The number of nitrogens with zero attached hydrogens (tertiary/aromatic N) is 3. The Labute approximate surface area is 203 Å². The van der Waals surface area contributed by atoms with Crippen molar-refractivity contribution in [2.45, 2.75) is 19.3 Å². The highest BCUT2D eigenvalue weighted by Gasteiger charge is 2.35. The molecule has 168 valence electrons. The SMILES string of the molecule is CC1(C)c2ccc(Oc3cccc(-c4ccccn4)c3)cc2-n2c3ncccc3c3cccc1c32. The van der Waals surface area contributed by atoms with E-state index >= 15 is 0 Å². The minimum atomic E-state index is -0.142. The second-order valence-corrected chi connectivity index (χ2v) is 9.56. The molecule has 0 spiro atoms. The summed E-state index contributed by atoms with van der Waals surface area (Å²) in [4.78, 5) is 9.26. The van der Waals surface area contributed by atoms with Gasteiger partial charge in [0.2, 0.25) is 0 Å². The van der Waals surface area contributed by atoms with Gasteiger partial charge in [-0.1, -0.05) is 56.3 Å². The first-order valence-corrected chi connectivity index (χ1v) is 11.8. The second-order valence-electron chi connectivity index (χ2n) is 9.56. The summed E-state index contributed by atoms with van der Waals surface area (Å²) in [6.07, 6.45) is 3.68. The molecule has 0 unspecified atom stereocenters. The Bertz CT molecular complexity index is 1750. The lowest BCUT2D eigenvalue weighted by Crippen LogP contribution is -2.26. The fourth-order valence-corrected chi connectivity index (χ4v) is 5.45. The summed E-state index contributed by atoms with van der Waals surface area (Å²) in [5.74, 6) is 1.58. The summed E-state index contributed by atoms with van der Waals surface area (Å²) < 4.78 is 8.69. The van der Waals surface area contributed by atoms with Gasteiger partial charge in [0, 0.05) is 40.2 Å². The van der Waals surface area contributed by atoms with Crippen LogP contribution in [0.25, 0.3) is 38.9 Å². The molecule has 0 bridgehead atoms. The molecule has 4 nitrogen and oxygen atoms in total. The second kappa shape index (κ2) is 7.28. The fourth-order valence-electron chi connectivity index (χ4n) is 5.45. The van der Waals surface area contributed by atoms with E-state index in [1.807, 2.05) is 54.9 Å². The molecular weight excluding hydrogens is 430 g/mol. The summed E-state index contributed by atoms with van der Waals surface area (Å²) in [6, 6.07) is 31.2. The van der Waals surface area contributed by atoms with Crippen molar-refractivity contribution in [3.8, 4) is 28.4 Å². The number of ether oxygens (including phenoxy) is 1. The van der Waals surface area contributed by atoms with Crippen LogP contribution in [0.4, 0.5) is 0 Å². The lowest BCUT2D eigenvalue weighted by atomic mass is 9.74. The Morgan fingerprint density at radius 3 is 2.40 bits per heavy atom. The topological polar surface area (TPSA) is 39.9 Å². The van der Waals surface area contributed by atoms with Crippen molar-refractivity contribution in [2.24, 2.45) is 0 Å². The third-order valence-corrected chi connectivity index (χ3v) is 7.14. The molecule has 1 aliphatic rings. The number of aromatic nitrogens is 3. The molecule has 4 heteroatoms. The normalized spacial score (nSPS) is 13.7. The molecule has 3 aromatic carbocycles. The van der Waals surface area contributed by atoms with Crippen LogP contribution in [-0.4, -0.2) is 14.5 Å². The van der Waals surface area contributed by atoms with Gasteiger partial charge in [-0.2, -0.15) is 0 Å². The molecule has 0 N–H and O–H groups in total. The van der Waals surface area contributed by atoms with Crippen molar-refractivity contribution in [1.29, 1.82) is 0 Å². The van der Waals surface area contributed by atoms with Crippen LogP contribution in [0.2, 0.25) is 0 Å². The standard InChI is InChI=1S/C31H23N3O/c1-31(2)25-15-14-22(35-21-9-5-8-20(18-21)27-13-3-4-16-32-27)19-28(25)34-29-23(10-6-12-26(29)31)24-11-7-17-33-30(24)34/h3-19H,1-2H3. The van der Waals surface area contributed by atoms with Gasteiger partial charge in [-0.25, -0.2) is 4.98 Å². The quantitative estimate of drug-likeness (QED) is 0.276. The van der Waals surface area contributed by atoms with E-state index in [4.69, 9.17) is 9.72 Å². The van der Waals surface area contributed by atoms with Crippen LogP contribution < -0.4 is 4.74 Å². The van der Waals surface area contributed by atoms with Crippen LogP contribution in [0.1, 0.15) is 25.0 Å². The average Bonchev–Trinajstić information content (AvgIpc) is 3.23. The molecule has 0 amide bonds. The smallest absolute Gasteiger partial charge is 0.145 e. The Morgan fingerprint density at radius 2 is 1.51 bits per heavy atom. The van der Waals surface area contributed by atoms with E-state index in [1.54, 1.807) is 0 Å². The maximum atomic E-state index is 6.39. The summed E-state index contributed by atoms with van der Waals surface area (Å²) in [5.41, 5.74) is 7.70. The van der Waals surface area contributed by atoms with E-state index in [-0.39, 0.29) is 5.41 Å². The monoisotopic (exact) mass is 453 g/mol. The van der Waals surface area contributed by atoms with E-state index in [9.17, 15) is 0 Å². The van der Waals surface area contributed by atoms with Crippen molar-refractivity contribution >= 4 is 21.9 Å². The number of benzene rings is 3. The Hall–Kier alpha value is -4.44. The molecule has 0 radical (unpaired) electrons. The van der Waals surface area contributed by atoms with Gasteiger partial charge in [-0.15, -0.1) is 0 Å². The number of hydrogen-bond donors (Lipinski definition) is 0. The number of fused-ring (bicyclic) bond motifs is 5. The minimum absolute atomic E-state index is 0.142. The average molecular weight is 454 g/mol. The first-order chi connectivity index (χ1) is 17.1. The maximum Gasteiger partial charge on any atom is 0.145 e. The van der Waals surface area contributed by atoms with Gasteiger partial charge in [0.15, 0.2) is 0 Å². The molecular formula is C31H23N3O. The zero-order chi connectivity index (χ0) is 23.6. The summed E-state index contributed by atoms with van der Waals surface area (Å²) >= 11 is 0. The summed E-state index contributed by atoms with van der Waals surface area (Å²) in [7, 11) is 0. The largest absolute Gasteiger partial charge is 0.457 e. The van der Waals surface area contributed by atoms with Crippen molar-refractivity contribution in [3.05, 3.63) is 115 Å². The van der Waals surface area contributed by atoms with E-state index < -0.39 is 0 Å². The van der Waals surface area contributed by atoms with Crippen LogP contribution >= 0.6 is 0 Å². The van der Waals surface area contributed by atoms with Crippen LogP contribution in [0.3, 0.4) is 0 Å². The lowest BCUT2D eigenvalue weighted by molar-refractivity contribution is 0.481. The van der Waals surface area contributed by atoms with E-state index in [1.165, 1.54) is 27.4 Å². The van der Waals surface area contributed by atoms with Crippen molar-refractivity contribution in [1.82, 2.24) is 14.5 Å². The van der Waals surface area contributed by atoms with Crippen molar-refractivity contribution in [3.63, 3.8) is 0 Å². The van der Waals surface area contributed by atoms with E-state index in [0.29, 0.717) is 0 Å². The molecule has 4 heterocycles. The van der Waals surface area contributed by atoms with E-state index in [0.717, 1.165) is 34.1 Å². The van der Waals surface area contributed by atoms with Crippen molar-refractivity contribution < 1.29 is 4.74 Å². The lowest BCUT2D eigenvalue weighted by Gasteiger charge is -2.34. The van der Waals surface area contributed by atoms with Gasteiger partial charge < -0.3 is 4.74 Å². The van der Waals surface area contributed by atoms with Crippen molar-refractivity contribution in [2.75, 3.05) is 0 Å². The maximum absolute atomic E-state index is 6.39. The fraction of sp³-hybridized carbons (Fsp3) is 0.0968. The predicted octanol–water partition coefficient (Wildman–Crippen LogP) is 7.67. The number of pyridine rings is 2. The van der Waals surface area contributed by atoms with Gasteiger partial charge in [-0.3, -0.25) is 9.55 Å². The Morgan fingerprint density at radius 1 is 0.686 bits per heavy atom. The van der Waals surface area contributed by atoms with Gasteiger partial charge in [0.05, 0.1) is 16.9 Å². The van der Waals surface area contributed by atoms with Crippen LogP contribution in [0.15, 0.2) is 103 Å². The third kappa shape index (κ3) is 2.93. The number of rotatable bonds is 3. The first kappa shape index (κ1) is 20.0. The predicted molar refractivity (Wildman–Crippen MR) is 140 cm³/mol. The number of hydrogen-bond acceptors (Lipinski definition) is 3. The molecule has 3 aromatic heterocycles. The molecule has 7 rings (SSSR count). The first-order valence-electron chi connectivity index (χ1n) is 11.8. The molecule has 6 aromatic rings. The zero-order valence-corrected chi connectivity index (χ0v) is 19.6. The Balaban J connectivity index is 1.39. The molecule has 0 saturated carbocycles. The van der Waals surface area contributed by atoms with Gasteiger partial charge in [0.25, 0.3) is 0 Å². The summed E-state index contributed by atoms with van der Waals surface area (Å²) in [5, 5.41) is 2.40. The molecule has 0 saturated heterocycles. The summed E-state index contributed by atoms with van der Waals surface area (Å²) in [6.45, 7) is 4.60.